The molecule has 0 atom stereocenters. The first-order valence-corrected chi connectivity index (χ1v) is 2.70. The van der Waals surface area contributed by atoms with Crippen LogP contribution >= 0.6 is 0 Å². The van der Waals surface area contributed by atoms with Crippen molar-refractivity contribution in [3.63, 3.8) is 0 Å². The third-order valence-corrected chi connectivity index (χ3v) is 0.853. The van der Waals surface area contributed by atoms with Crippen LogP contribution in [0.2, 0.25) is 0 Å². The molecule has 0 bridgehead atoms. The van der Waals surface area contributed by atoms with Gasteiger partial charge in [-0.05, 0) is 6.42 Å². The second-order valence-corrected chi connectivity index (χ2v) is 1.63. The molecule has 0 aliphatic rings. The van der Waals surface area contributed by atoms with Gasteiger partial charge < -0.3 is 4.84 Å². The Hall–Kier alpha value is -0.900. The summed E-state index contributed by atoms with van der Waals surface area (Å²) in [6, 6.07) is 0. The van der Waals surface area contributed by atoms with Gasteiger partial charge in [-0.15, -0.1) is 0 Å². The molecule has 0 heterocycles. The Morgan fingerprint density at radius 1 is 1.78 bits per heavy atom. The summed E-state index contributed by atoms with van der Waals surface area (Å²) in [5.74, 6) is 3.77. The minimum atomic E-state index is -0.739. The van der Waals surface area contributed by atoms with Gasteiger partial charge in [0, 0.05) is 0 Å². The summed E-state index contributed by atoms with van der Waals surface area (Å²) in [6.45, 7) is 1.87. The van der Waals surface area contributed by atoms with Crippen molar-refractivity contribution in [1.82, 2.24) is 0 Å². The topological polar surface area (TPSA) is 76.2 Å². The zero-order valence-electron chi connectivity index (χ0n) is 5.31. The van der Waals surface area contributed by atoms with Gasteiger partial charge in [0.1, 0.15) is 5.71 Å². The lowest BCUT2D eigenvalue weighted by Crippen LogP contribution is -2.19. The molecule has 4 nitrogen and oxygen atoms in total. The first kappa shape index (κ1) is 8.10. The molecule has 0 rings (SSSR count). The second kappa shape index (κ2) is 4.03. The molecule has 0 aromatic heterocycles. The normalized spacial score (nSPS) is 8.67. The highest BCUT2D eigenvalue weighted by molar-refractivity contribution is 6.34. The van der Waals surface area contributed by atoms with Crippen LogP contribution < -0.4 is 5.90 Å². The van der Waals surface area contributed by atoms with E-state index in [0.717, 1.165) is 6.42 Å². The van der Waals surface area contributed by atoms with E-state index < -0.39 is 5.97 Å². The number of carbonyl (C=O) groups is 1. The van der Waals surface area contributed by atoms with Crippen LogP contribution in [0.3, 0.4) is 0 Å². The first-order chi connectivity index (χ1) is 4.22. The van der Waals surface area contributed by atoms with Crippen molar-refractivity contribution in [2.45, 2.75) is 19.8 Å². The zero-order valence-corrected chi connectivity index (χ0v) is 5.31. The van der Waals surface area contributed by atoms with E-state index >= 15 is 0 Å². The number of nitrogens with one attached hydrogen (secondary N) is 1. The van der Waals surface area contributed by atoms with Crippen LogP contribution in [0.1, 0.15) is 19.8 Å². The van der Waals surface area contributed by atoms with Crippen molar-refractivity contribution >= 4 is 11.7 Å². The standard InChI is InChI=1S/C5H10N2O2/c1-2-3-4(6)5(8)9-7/h6H,2-3,7H2,1H3. The summed E-state index contributed by atoms with van der Waals surface area (Å²) in [4.78, 5) is 14.1. The quantitative estimate of drug-likeness (QED) is 0.424. The summed E-state index contributed by atoms with van der Waals surface area (Å²) in [7, 11) is 0. The Bertz CT molecular complexity index is 122. The highest BCUT2D eigenvalue weighted by Gasteiger charge is 2.06. The summed E-state index contributed by atoms with van der Waals surface area (Å²) in [5, 5.41) is 6.94. The average Bonchev–Trinajstić information content (AvgIpc) is 1.87. The molecule has 3 N–H and O–H groups in total. The van der Waals surface area contributed by atoms with Crippen LogP contribution in [0, 0.1) is 5.41 Å². The maximum Gasteiger partial charge on any atom is 0.370 e. The second-order valence-electron chi connectivity index (χ2n) is 1.63. The van der Waals surface area contributed by atoms with Gasteiger partial charge in [0.2, 0.25) is 0 Å². The van der Waals surface area contributed by atoms with Gasteiger partial charge in [-0.1, -0.05) is 13.3 Å². The van der Waals surface area contributed by atoms with Crippen LogP contribution in [0.15, 0.2) is 0 Å². The lowest BCUT2D eigenvalue weighted by Gasteiger charge is -1.95. The van der Waals surface area contributed by atoms with E-state index in [-0.39, 0.29) is 5.71 Å². The maximum atomic E-state index is 10.3. The highest BCUT2D eigenvalue weighted by Crippen LogP contribution is 1.89. The van der Waals surface area contributed by atoms with Crippen molar-refractivity contribution in [3.05, 3.63) is 0 Å². The van der Waals surface area contributed by atoms with Crippen molar-refractivity contribution in [1.29, 1.82) is 5.41 Å². The minimum absolute atomic E-state index is 0.0694. The lowest BCUT2D eigenvalue weighted by atomic mass is 10.2. The van der Waals surface area contributed by atoms with Gasteiger partial charge in [0.05, 0.1) is 0 Å². The smallest absolute Gasteiger partial charge is 0.369 e. The molecule has 0 spiro atoms. The van der Waals surface area contributed by atoms with Crippen LogP contribution in [0.5, 0.6) is 0 Å². The Morgan fingerprint density at radius 2 is 2.33 bits per heavy atom. The molecule has 0 saturated carbocycles. The largest absolute Gasteiger partial charge is 0.370 e. The number of hydrogen-bond donors (Lipinski definition) is 2. The van der Waals surface area contributed by atoms with Gasteiger partial charge in [0.25, 0.3) is 0 Å². The van der Waals surface area contributed by atoms with E-state index in [9.17, 15) is 4.79 Å². The highest BCUT2D eigenvalue weighted by atomic mass is 16.7. The van der Waals surface area contributed by atoms with Crippen molar-refractivity contribution in [3.8, 4) is 0 Å². The third-order valence-electron chi connectivity index (χ3n) is 0.853. The zero-order chi connectivity index (χ0) is 7.28. The van der Waals surface area contributed by atoms with E-state index in [0.29, 0.717) is 6.42 Å². The van der Waals surface area contributed by atoms with E-state index in [1.165, 1.54) is 0 Å². The van der Waals surface area contributed by atoms with E-state index in [4.69, 9.17) is 5.41 Å². The molecule has 0 unspecified atom stereocenters. The van der Waals surface area contributed by atoms with Crippen LogP contribution in [-0.2, 0) is 9.63 Å². The van der Waals surface area contributed by atoms with Crippen LogP contribution in [-0.4, -0.2) is 11.7 Å². The summed E-state index contributed by atoms with van der Waals surface area (Å²) in [6.07, 6.45) is 1.18. The van der Waals surface area contributed by atoms with Gasteiger partial charge in [-0.2, -0.15) is 5.90 Å². The SMILES string of the molecule is CCCC(=N)C(=O)ON. The molecule has 0 aromatic carbocycles. The molecule has 0 amide bonds. The maximum absolute atomic E-state index is 10.3. The minimum Gasteiger partial charge on any atom is -0.369 e. The third kappa shape index (κ3) is 2.81. The van der Waals surface area contributed by atoms with Gasteiger partial charge >= 0.3 is 5.97 Å². The summed E-state index contributed by atoms with van der Waals surface area (Å²) >= 11 is 0. The molecular weight excluding hydrogens is 120 g/mol. The van der Waals surface area contributed by atoms with Crippen LogP contribution in [0.25, 0.3) is 0 Å². The fourth-order valence-electron chi connectivity index (χ4n) is 0.423. The molecule has 4 heteroatoms. The molecule has 52 valence electrons. The molecule has 9 heavy (non-hydrogen) atoms. The molecule has 0 aliphatic carbocycles. The van der Waals surface area contributed by atoms with E-state index in [1.807, 2.05) is 6.92 Å². The van der Waals surface area contributed by atoms with Gasteiger partial charge in [0.15, 0.2) is 0 Å². The fourth-order valence-corrected chi connectivity index (χ4v) is 0.423. The Morgan fingerprint density at radius 3 is 2.67 bits per heavy atom. The Kier molecular flexibility index (Phi) is 3.62. The van der Waals surface area contributed by atoms with Gasteiger partial charge in [-0.25, -0.2) is 4.79 Å². The summed E-state index contributed by atoms with van der Waals surface area (Å²) in [5.41, 5.74) is -0.0694. The molecule has 0 fully saturated rings. The number of nitrogens with two attached hydrogens (primary N) is 1. The predicted molar refractivity (Wildman–Crippen MR) is 32.9 cm³/mol. The van der Waals surface area contributed by atoms with E-state index in [1.54, 1.807) is 0 Å². The van der Waals surface area contributed by atoms with E-state index in [2.05, 4.69) is 10.7 Å². The Balaban J connectivity index is 3.60. The predicted octanol–water partition coefficient (Wildman–Crippen LogP) is 0.223. The van der Waals surface area contributed by atoms with Crippen molar-refractivity contribution in [2.75, 3.05) is 0 Å². The molecule has 0 saturated heterocycles. The molecule has 0 aliphatic heterocycles. The van der Waals surface area contributed by atoms with Gasteiger partial charge in [-0.3, -0.25) is 5.41 Å². The first-order valence-electron chi connectivity index (χ1n) is 2.70. The Labute approximate surface area is 53.5 Å². The van der Waals surface area contributed by atoms with Crippen LogP contribution in [0.4, 0.5) is 0 Å². The summed E-state index contributed by atoms with van der Waals surface area (Å²) < 4.78 is 0. The van der Waals surface area contributed by atoms with Crippen molar-refractivity contribution < 1.29 is 9.63 Å². The number of rotatable bonds is 3. The number of hydrogen-bond acceptors (Lipinski definition) is 4. The lowest BCUT2D eigenvalue weighted by molar-refractivity contribution is -0.136. The fraction of sp³-hybridized carbons (Fsp3) is 0.600. The van der Waals surface area contributed by atoms with Crippen molar-refractivity contribution in [2.24, 2.45) is 5.90 Å². The number of carbonyl (C=O) groups excluding carboxylic acids is 1. The molecule has 0 aromatic rings. The molecule has 0 radical (unpaired) electrons. The monoisotopic (exact) mass is 130 g/mol. The average molecular weight is 130 g/mol. The molecular formula is C5H10N2O2.